The zero-order valence-corrected chi connectivity index (χ0v) is 12.4. The van der Waals surface area contributed by atoms with Gasteiger partial charge in [-0.05, 0) is 78.0 Å². The minimum Gasteiger partial charge on any atom is -0.317 e. The van der Waals surface area contributed by atoms with Crippen LogP contribution in [-0.2, 0) is 0 Å². The highest BCUT2D eigenvalue weighted by Crippen LogP contribution is 2.32. The van der Waals surface area contributed by atoms with Gasteiger partial charge in [-0.1, -0.05) is 0 Å². The van der Waals surface area contributed by atoms with Crippen LogP contribution >= 0.6 is 0 Å². The SMILES string of the molecule is CNC1CCC(C(NC)C2CCCN(C)C2)CC1. The van der Waals surface area contributed by atoms with E-state index in [1.54, 1.807) is 0 Å². The Kier molecular flexibility index (Phi) is 5.46. The smallest absolute Gasteiger partial charge is 0.0133 e. The number of nitrogens with one attached hydrogen (secondary N) is 2. The molecule has 0 bridgehead atoms. The van der Waals surface area contributed by atoms with Crippen LogP contribution < -0.4 is 10.6 Å². The summed E-state index contributed by atoms with van der Waals surface area (Å²) in [5.41, 5.74) is 0. The summed E-state index contributed by atoms with van der Waals surface area (Å²) in [4.78, 5) is 2.51. The van der Waals surface area contributed by atoms with E-state index in [1.165, 1.54) is 51.6 Å². The third-order valence-electron chi connectivity index (χ3n) is 5.19. The number of likely N-dealkylation sites (tertiary alicyclic amines) is 1. The fourth-order valence-corrected chi connectivity index (χ4v) is 4.12. The standard InChI is InChI=1S/C15H31N3/c1-16-14-8-6-12(7-9-14)15(17-2)13-5-4-10-18(3)11-13/h12-17H,4-11H2,1-3H3. The molecule has 0 radical (unpaired) electrons. The van der Waals surface area contributed by atoms with Gasteiger partial charge >= 0.3 is 0 Å². The van der Waals surface area contributed by atoms with Crippen LogP contribution in [0.1, 0.15) is 38.5 Å². The third-order valence-corrected chi connectivity index (χ3v) is 5.19. The summed E-state index contributed by atoms with van der Waals surface area (Å²) in [5.74, 6) is 1.76. The van der Waals surface area contributed by atoms with Gasteiger partial charge in [0.2, 0.25) is 0 Å². The zero-order chi connectivity index (χ0) is 13.0. The molecule has 1 aliphatic heterocycles. The Labute approximate surface area is 113 Å². The fraction of sp³-hybridized carbons (Fsp3) is 1.00. The number of hydrogen-bond donors (Lipinski definition) is 2. The van der Waals surface area contributed by atoms with Crippen molar-refractivity contribution in [1.82, 2.24) is 15.5 Å². The molecular weight excluding hydrogens is 222 g/mol. The van der Waals surface area contributed by atoms with Crippen LogP contribution in [0.2, 0.25) is 0 Å². The molecule has 2 atom stereocenters. The summed E-state index contributed by atoms with van der Waals surface area (Å²) in [5, 5.41) is 7.09. The Bertz CT molecular complexity index is 236. The van der Waals surface area contributed by atoms with Gasteiger partial charge in [0.05, 0.1) is 0 Å². The average Bonchev–Trinajstić information content (AvgIpc) is 2.40. The number of hydrogen-bond acceptors (Lipinski definition) is 3. The molecule has 0 spiro atoms. The largest absolute Gasteiger partial charge is 0.317 e. The summed E-state index contributed by atoms with van der Waals surface area (Å²) in [6.07, 6.45) is 8.32. The van der Waals surface area contributed by atoms with E-state index < -0.39 is 0 Å². The molecule has 1 saturated carbocycles. The second-order valence-corrected chi connectivity index (χ2v) is 6.38. The fourth-order valence-electron chi connectivity index (χ4n) is 4.12. The van der Waals surface area contributed by atoms with E-state index in [-0.39, 0.29) is 0 Å². The molecular formula is C15H31N3. The van der Waals surface area contributed by atoms with Crippen LogP contribution in [0, 0.1) is 11.8 Å². The molecule has 3 nitrogen and oxygen atoms in total. The summed E-state index contributed by atoms with van der Waals surface area (Å²) in [6.45, 7) is 2.58. The van der Waals surface area contributed by atoms with Crippen molar-refractivity contribution in [2.45, 2.75) is 50.6 Å². The summed E-state index contributed by atoms with van der Waals surface area (Å²) in [7, 11) is 6.55. The van der Waals surface area contributed by atoms with Crippen molar-refractivity contribution in [2.75, 3.05) is 34.2 Å². The Morgan fingerprint density at radius 2 is 1.72 bits per heavy atom. The summed E-state index contributed by atoms with van der Waals surface area (Å²) >= 11 is 0. The predicted octanol–water partition coefficient (Wildman–Crippen LogP) is 1.69. The Morgan fingerprint density at radius 3 is 2.28 bits per heavy atom. The van der Waals surface area contributed by atoms with E-state index in [0.717, 1.165) is 23.9 Å². The van der Waals surface area contributed by atoms with Gasteiger partial charge in [-0.25, -0.2) is 0 Å². The van der Waals surface area contributed by atoms with E-state index in [2.05, 4.69) is 36.7 Å². The van der Waals surface area contributed by atoms with Gasteiger partial charge in [-0.15, -0.1) is 0 Å². The molecule has 0 amide bonds. The van der Waals surface area contributed by atoms with Crippen molar-refractivity contribution < 1.29 is 0 Å². The maximum atomic E-state index is 3.65. The molecule has 106 valence electrons. The van der Waals surface area contributed by atoms with Gasteiger partial charge in [0.1, 0.15) is 0 Å². The van der Waals surface area contributed by atoms with Gasteiger partial charge in [0.25, 0.3) is 0 Å². The maximum absolute atomic E-state index is 3.65. The lowest BCUT2D eigenvalue weighted by atomic mass is 9.75. The first-order valence-corrected chi connectivity index (χ1v) is 7.77. The molecule has 2 rings (SSSR count). The van der Waals surface area contributed by atoms with Crippen molar-refractivity contribution in [3.05, 3.63) is 0 Å². The van der Waals surface area contributed by atoms with E-state index >= 15 is 0 Å². The molecule has 0 aromatic carbocycles. The number of nitrogens with zero attached hydrogens (tertiary/aromatic N) is 1. The van der Waals surface area contributed by atoms with Crippen LogP contribution in [0.4, 0.5) is 0 Å². The quantitative estimate of drug-likeness (QED) is 0.798. The molecule has 2 N–H and O–H groups in total. The average molecular weight is 253 g/mol. The van der Waals surface area contributed by atoms with Gasteiger partial charge in [-0.2, -0.15) is 0 Å². The van der Waals surface area contributed by atoms with Gasteiger partial charge in [-0.3, -0.25) is 0 Å². The maximum Gasteiger partial charge on any atom is 0.0133 e. The molecule has 0 aromatic heterocycles. The van der Waals surface area contributed by atoms with Crippen molar-refractivity contribution in [3.63, 3.8) is 0 Å². The molecule has 3 heteroatoms. The van der Waals surface area contributed by atoms with Crippen molar-refractivity contribution in [1.29, 1.82) is 0 Å². The lowest BCUT2D eigenvalue weighted by molar-refractivity contribution is 0.126. The van der Waals surface area contributed by atoms with E-state index in [1.807, 2.05) is 0 Å². The topological polar surface area (TPSA) is 27.3 Å². The first kappa shape index (κ1) is 14.3. The highest BCUT2D eigenvalue weighted by molar-refractivity contribution is 4.89. The van der Waals surface area contributed by atoms with Crippen molar-refractivity contribution in [2.24, 2.45) is 11.8 Å². The van der Waals surface area contributed by atoms with Crippen LogP contribution in [-0.4, -0.2) is 51.2 Å². The first-order chi connectivity index (χ1) is 8.74. The van der Waals surface area contributed by atoms with Gasteiger partial charge in [0, 0.05) is 18.6 Å². The lowest BCUT2D eigenvalue weighted by Crippen LogP contribution is -2.48. The van der Waals surface area contributed by atoms with Crippen molar-refractivity contribution in [3.8, 4) is 0 Å². The second-order valence-electron chi connectivity index (χ2n) is 6.38. The molecule has 2 aliphatic rings. The minimum atomic E-state index is 0.741. The molecule has 18 heavy (non-hydrogen) atoms. The van der Waals surface area contributed by atoms with E-state index in [9.17, 15) is 0 Å². The minimum absolute atomic E-state index is 0.741. The molecule has 1 heterocycles. The lowest BCUT2D eigenvalue weighted by Gasteiger charge is -2.41. The summed E-state index contributed by atoms with van der Waals surface area (Å²) in [6, 6.07) is 1.51. The highest BCUT2D eigenvalue weighted by Gasteiger charge is 2.33. The van der Waals surface area contributed by atoms with Gasteiger partial charge in [0.15, 0.2) is 0 Å². The van der Waals surface area contributed by atoms with Crippen LogP contribution in [0.3, 0.4) is 0 Å². The first-order valence-electron chi connectivity index (χ1n) is 7.77. The highest BCUT2D eigenvalue weighted by atomic mass is 15.1. The molecule has 2 fully saturated rings. The molecule has 1 saturated heterocycles. The normalized spacial score (nSPS) is 36.5. The predicted molar refractivity (Wildman–Crippen MR) is 77.9 cm³/mol. The Morgan fingerprint density at radius 1 is 1.00 bits per heavy atom. The Balaban J connectivity index is 1.88. The number of rotatable bonds is 4. The van der Waals surface area contributed by atoms with Gasteiger partial charge < -0.3 is 15.5 Å². The van der Waals surface area contributed by atoms with E-state index in [0.29, 0.717) is 0 Å². The molecule has 0 aromatic rings. The second kappa shape index (κ2) is 6.88. The third kappa shape index (κ3) is 3.46. The molecule has 2 unspecified atom stereocenters. The van der Waals surface area contributed by atoms with Crippen molar-refractivity contribution >= 4 is 0 Å². The number of piperidine rings is 1. The molecule has 1 aliphatic carbocycles. The zero-order valence-electron chi connectivity index (χ0n) is 12.4. The van der Waals surface area contributed by atoms with E-state index in [4.69, 9.17) is 0 Å². The van der Waals surface area contributed by atoms with Crippen LogP contribution in [0.25, 0.3) is 0 Å². The van der Waals surface area contributed by atoms with Crippen LogP contribution in [0.15, 0.2) is 0 Å². The summed E-state index contributed by atoms with van der Waals surface area (Å²) < 4.78 is 0. The van der Waals surface area contributed by atoms with Crippen LogP contribution in [0.5, 0.6) is 0 Å². The Hall–Kier alpha value is -0.120. The monoisotopic (exact) mass is 253 g/mol.